The molecule has 15 rings (SSSR count). The minimum atomic E-state index is -0.460. The topological polar surface area (TPSA) is 51.5 Å². The van der Waals surface area contributed by atoms with E-state index in [1.54, 1.807) is 0 Å². The lowest BCUT2D eigenvalue weighted by molar-refractivity contribution is 0.669. The number of rotatable bonds is 7. The van der Waals surface area contributed by atoms with Crippen LogP contribution in [0.4, 0.5) is 0 Å². The van der Waals surface area contributed by atoms with Gasteiger partial charge in [-0.2, -0.15) is 4.99 Å². The van der Waals surface area contributed by atoms with Gasteiger partial charge in [-0.3, -0.25) is 4.57 Å². The van der Waals surface area contributed by atoms with E-state index < -0.39 is 6.17 Å². The summed E-state index contributed by atoms with van der Waals surface area (Å²) in [6.45, 7) is 0. The summed E-state index contributed by atoms with van der Waals surface area (Å²) in [7, 11) is 0. The van der Waals surface area contributed by atoms with Gasteiger partial charge in [0.2, 0.25) is 5.96 Å². The van der Waals surface area contributed by atoms with Gasteiger partial charge in [0.05, 0.1) is 38.8 Å². The number of fused-ring (bicyclic) bond motifs is 10. The first kappa shape index (κ1) is 42.6. The summed E-state index contributed by atoms with van der Waals surface area (Å²) >= 11 is 0. The second kappa shape index (κ2) is 17.3. The summed E-state index contributed by atoms with van der Waals surface area (Å²) < 4.78 is 7.27. The molecule has 11 aromatic carbocycles. The third-order valence-electron chi connectivity index (χ3n) is 15.1. The van der Waals surface area contributed by atoms with E-state index >= 15 is 0 Å². The van der Waals surface area contributed by atoms with E-state index in [9.17, 15) is 0 Å². The third kappa shape index (κ3) is 6.95. The number of hydrogen-bond acceptors (Lipinski definition) is 3. The second-order valence-corrected chi connectivity index (χ2v) is 19.4. The first-order valence-electron chi connectivity index (χ1n) is 25.6. The van der Waals surface area contributed by atoms with Crippen molar-refractivity contribution in [2.45, 2.75) is 6.17 Å². The van der Waals surface area contributed by atoms with Gasteiger partial charge in [0.1, 0.15) is 12.0 Å². The fourth-order valence-electron chi connectivity index (χ4n) is 11.7. The Hall–Kier alpha value is -10.0. The molecule has 75 heavy (non-hydrogen) atoms. The molecule has 6 heteroatoms. The molecule has 0 saturated heterocycles. The van der Waals surface area contributed by atoms with Crippen molar-refractivity contribution in [2.75, 3.05) is 0 Å². The number of nitrogens with zero attached hydrogens (tertiary/aromatic N) is 5. The van der Waals surface area contributed by atoms with E-state index in [-0.39, 0.29) is 0 Å². The lowest BCUT2D eigenvalue weighted by Crippen LogP contribution is -2.35. The average molecular weight is 959 g/mol. The predicted molar refractivity (Wildman–Crippen MR) is 313 cm³/mol. The lowest BCUT2D eigenvalue weighted by atomic mass is 10.00. The lowest BCUT2D eigenvalue weighted by Gasteiger charge is -2.25. The van der Waals surface area contributed by atoms with E-state index in [2.05, 4.69) is 286 Å². The first-order chi connectivity index (χ1) is 37.2. The Morgan fingerprint density at radius 3 is 1.44 bits per heavy atom. The maximum absolute atomic E-state index is 5.68. The van der Waals surface area contributed by atoms with Crippen molar-refractivity contribution in [3.63, 3.8) is 0 Å². The van der Waals surface area contributed by atoms with Crippen molar-refractivity contribution < 1.29 is 0 Å². The maximum Gasteiger partial charge on any atom is 0.234 e. The molecule has 0 aliphatic carbocycles. The number of benzene rings is 11. The van der Waals surface area contributed by atoms with E-state index in [0.717, 1.165) is 105 Å². The van der Waals surface area contributed by atoms with Crippen LogP contribution >= 0.6 is 0 Å². The van der Waals surface area contributed by atoms with Gasteiger partial charge in [0, 0.05) is 49.1 Å². The van der Waals surface area contributed by atoms with Crippen LogP contribution in [-0.2, 0) is 0 Å². The van der Waals surface area contributed by atoms with E-state index in [4.69, 9.17) is 9.98 Å². The number of aromatic nitrogens is 3. The van der Waals surface area contributed by atoms with Gasteiger partial charge in [-0.15, -0.1) is 0 Å². The molecule has 1 unspecified atom stereocenters. The highest BCUT2D eigenvalue weighted by Crippen LogP contribution is 2.45. The fraction of sp³-hybridized carbons (Fsp3) is 0.0145. The summed E-state index contributed by atoms with van der Waals surface area (Å²) in [5, 5.41) is 10.8. The number of nitrogens with one attached hydrogen (secondary N) is 1. The molecule has 0 fully saturated rings. The van der Waals surface area contributed by atoms with E-state index in [0.29, 0.717) is 5.96 Å². The fourth-order valence-corrected chi connectivity index (χ4v) is 11.7. The predicted octanol–water partition coefficient (Wildman–Crippen LogP) is 16.9. The normalized spacial score (nSPS) is 13.7. The minimum Gasteiger partial charge on any atom is -0.344 e. The summed E-state index contributed by atoms with van der Waals surface area (Å²) in [4.78, 5) is 11.3. The van der Waals surface area contributed by atoms with Gasteiger partial charge in [-0.05, 0) is 81.9 Å². The first-order valence-corrected chi connectivity index (χ1v) is 25.6. The van der Waals surface area contributed by atoms with Crippen LogP contribution in [0, 0.1) is 0 Å². The zero-order chi connectivity index (χ0) is 49.4. The SMILES string of the molecule is c1ccc(-c2ccc(C3=NC(n4c5ccccc5c5ccc6c7ccccc7n(-c7cc8c(cc7-c7ccccc7)c7ccccc7n8-c7ccccc7)c6c54)=NC(c4cccc(-c5ccccc5)c4)N3)cc2)cc1. The van der Waals surface area contributed by atoms with Crippen LogP contribution in [0.1, 0.15) is 17.3 Å². The van der Waals surface area contributed by atoms with Crippen LogP contribution < -0.4 is 5.32 Å². The monoisotopic (exact) mass is 958 g/mol. The Kier molecular flexibility index (Phi) is 9.85. The van der Waals surface area contributed by atoms with Gasteiger partial charge in [0.15, 0.2) is 0 Å². The molecule has 3 aromatic heterocycles. The summed E-state index contributed by atoms with van der Waals surface area (Å²) in [6, 6.07) is 96.0. The Morgan fingerprint density at radius 2 is 0.800 bits per heavy atom. The molecule has 352 valence electrons. The molecule has 0 spiro atoms. The molecule has 0 amide bonds. The molecule has 14 aromatic rings. The molecular formula is C69H46N6. The highest BCUT2D eigenvalue weighted by molar-refractivity contribution is 6.27. The zero-order valence-electron chi connectivity index (χ0n) is 40.7. The van der Waals surface area contributed by atoms with Crippen LogP contribution in [-0.4, -0.2) is 25.5 Å². The maximum atomic E-state index is 5.68. The largest absolute Gasteiger partial charge is 0.344 e. The molecular weight excluding hydrogens is 913 g/mol. The van der Waals surface area contributed by atoms with Crippen molar-refractivity contribution in [2.24, 2.45) is 9.98 Å². The number of hydrogen-bond donors (Lipinski definition) is 1. The highest BCUT2D eigenvalue weighted by Gasteiger charge is 2.28. The van der Waals surface area contributed by atoms with Crippen LogP contribution in [0.25, 0.3) is 110 Å². The van der Waals surface area contributed by atoms with Gasteiger partial charge in [-0.1, -0.05) is 218 Å². The number of amidine groups is 1. The molecule has 0 radical (unpaired) electrons. The molecule has 1 atom stereocenters. The minimum absolute atomic E-state index is 0.460. The summed E-state index contributed by atoms with van der Waals surface area (Å²) in [5.41, 5.74) is 17.6. The van der Waals surface area contributed by atoms with Crippen molar-refractivity contribution in [1.29, 1.82) is 0 Å². The molecule has 1 aliphatic heterocycles. The van der Waals surface area contributed by atoms with Gasteiger partial charge < -0.3 is 14.5 Å². The average Bonchev–Trinajstić information content (AvgIpc) is 4.25. The smallest absolute Gasteiger partial charge is 0.234 e. The second-order valence-electron chi connectivity index (χ2n) is 19.4. The molecule has 1 aliphatic rings. The Morgan fingerprint density at radius 1 is 0.320 bits per heavy atom. The summed E-state index contributed by atoms with van der Waals surface area (Å²) in [5.74, 6) is 1.35. The Labute approximate surface area is 433 Å². The molecule has 0 saturated carbocycles. The highest BCUT2D eigenvalue weighted by atomic mass is 15.3. The molecule has 1 N–H and O–H groups in total. The van der Waals surface area contributed by atoms with Crippen molar-refractivity contribution in [1.82, 2.24) is 19.0 Å². The van der Waals surface area contributed by atoms with Crippen molar-refractivity contribution in [3.8, 4) is 44.8 Å². The number of aliphatic imine (C=N–C) groups is 2. The van der Waals surface area contributed by atoms with Crippen molar-refractivity contribution >= 4 is 77.2 Å². The number of para-hydroxylation sites is 4. The van der Waals surface area contributed by atoms with Crippen LogP contribution in [0.3, 0.4) is 0 Å². The Bertz CT molecular complexity index is 4580. The van der Waals surface area contributed by atoms with Gasteiger partial charge in [0.25, 0.3) is 0 Å². The van der Waals surface area contributed by atoms with E-state index in [1.807, 2.05) is 0 Å². The quantitative estimate of drug-likeness (QED) is 0.170. The Balaban J connectivity index is 1.04. The summed E-state index contributed by atoms with van der Waals surface area (Å²) in [6.07, 6.45) is -0.460. The zero-order valence-corrected chi connectivity index (χ0v) is 40.7. The van der Waals surface area contributed by atoms with Crippen LogP contribution in [0.15, 0.2) is 277 Å². The molecule has 6 nitrogen and oxygen atoms in total. The van der Waals surface area contributed by atoms with Crippen LogP contribution in [0.2, 0.25) is 0 Å². The standard InChI is InChI=1S/C69H46N6/c1-5-20-45(21-6-1)47-36-38-49(39-37-47)67-70-68(51-27-19-26-50(42-51)46-22-7-2-8-23-46)72-69(71-67)75-62-35-18-14-31-54(62)57-41-40-56-53-30-13-17-34-61(53)74(65(56)66(57)75)63-44-64-59(43-58(63)48-24-9-3-10-25-48)55-32-15-16-33-60(55)73(64)52-28-11-4-12-29-52/h1-44,68H,(H,70,71,72). The van der Waals surface area contributed by atoms with Gasteiger partial charge >= 0.3 is 0 Å². The molecule has 0 bridgehead atoms. The molecule has 4 heterocycles. The van der Waals surface area contributed by atoms with E-state index in [1.165, 1.54) is 21.7 Å². The van der Waals surface area contributed by atoms with Crippen molar-refractivity contribution in [3.05, 3.63) is 278 Å². The van der Waals surface area contributed by atoms with Gasteiger partial charge in [-0.25, -0.2) is 4.99 Å². The van der Waals surface area contributed by atoms with Crippen LogP contribution in [0.5, 0.6) is 0 Å². The third-order valence-corrected chi connectivity index (χ3v) is 15.1.